The number of nitrogens with two attached hydrogens (primary N) is 1. The number of anilines is 1. The van der Waals surface area contributed by atoms with E-state index in [4.69, 9.17) is 11.0 Å². The third-order valence-corrected chi connectivity index (χ3v) is 6.66. The molecule has 2 aliphatic rings. The number of amides is 2. The van der Waals surface area contributed by atoms with Gasteiger partial charge >= 0.3 is 12.2 Å². The molecule has 3 N–H and O–H groups in total. The van der Waals surface area contributed by atoms with Crippen molar-refractivity contribution < 1.29 is 18.0 Å². The molecule has 5 heterocycles. The number of nitriles is 1. The number of carbonyl (C=O) groups is 1. The topological polar surface area (TPSA) is 126 Å². The molecule has 35 heavy (non-hydrogen) atoms. The highest BCUT2D eigenvalue weighted by Gasteiger charge is 2.51. The summed E-state index contributed by atoms with van der Waals surface area (Å²) in [7, 11) is 0. The van der Waals surface area contributed by atoms with Gasteiger partial charge in [0.15, 0.2) is 0 Å². The lowest BCUT2D eigenvalue weighted by molar-refractivity contribution is -0.137. The Kier molecular flexibility index (Phi) is 5.16. The van der Waals surface area contributed by atoms with E-state index in [-0.39, 0.29) is 23.1 Å². The van der Waals surface area contributed by atoms with Gasteiger partial charge in [-0.1, -0.05) is 6.07 Å². The van der Waals surface area contributed by atoms with Crippen LogP contribution in [0.2, 0.25) is 0 Å². The quantitative estimate of drug-likeness (QED) is 0.590. The van der Waals surface area contributed by atoms with Crippen molar-refractivity contribution in [3.05, 3.63) is 59.2 Å². The number of aryl methyl sites for hydroxylation is 1. The molecule has 0 radical (unpaired) electrons. The molecule has 180 valence electrons. The molecule has 0 aromatic carbocycles. The Morgan fingerprint density at radius 3 is 2.69 bits per heavy atom. The van der Waals surface area contributed by atoms with Gasteiger partial charge in [-0.3, -0.25) is 4.68 Å². The molecule has 3 aromatic heterocycles. The number of urea groups is 1. The molecule has 0 bridgehead atoms. The van der Waals surface area contributed by atoms with Gasteiger partial charge in [0.1, 0.15) is 17.6 Å². The summed E-state index contributed by atoms with van der Waals surface area (Å²) in [5.41, 5.74) is 6.75. The van der Waals surface area contributed by atoms with Gasteiger partial charge in [0.2, 0.25) is 0 Å². The van der Waals surface area contributed by atoms with Crippen molar-refractivity contribution in [2.24, 2.45) is 0 Å². The van der Waals surface area contributed by atoms with E-state index in [2.05, 4.69) is 20.4 Å². The van der Waals surface area contributed by atoms with Crippen molar-refractivity contribution in [1.82, 2.24) is 30.0 Å². The molecule has 5 rings (SSSR count). The van der Waals surface area contributed by atoms with Crippen molar-refractivity contribution in [2.45, 2.75) is 37.5 Å². The van der Waals surface area contributed by atoms with Crippen LogP contribution >= 0.6 is 0 Å². The third-order valence-electron chi connectivity index (χ3n) is 6.66. The molecule has 9 nitrogen and oxygen atoms in total. The van der Waals surface area contributed by atoms with Crippen molar-refractivity contribution in [1.29, 1.82) is 5.26 Å². The molecule has 1 fully saturated rings. The van der Waals surface area contributed by atoms with E-state index in [0.29, 0.717) is 31.0 Å². The maximum Gasteiger partial charge on any atom is 0.419 e. The van der Waals surface area contributed by atoms with Crippen molar-refractivity contribution >= 4 is 11.8 Å². The van der Waals surface area contributed by atoms with Gasteiger partial charge < -0.3 is 16.0 Å². The largest absolute Gasteiger partial charge is 0.419 e. The van der Waals surface area contributed by atoms with Crippen LogP contribution < -0.4 is 11.1 Å². The smallest absolute Gasteiger partial charge is 0.383 e. The second kappa shape index (κ2) is 7.97. The first kappa shape index (κ1) is 22.6. The van der Waals surface area contributed by atoms with Crippen molar-refractivity contribution in [3.8, 4) is 17.3 Å². The number of carbonyl (C=O) groups excluding carboxylic acids is 1. The number of hydrogen-bond donors (Lipinski definition) is 2. The van der Waals surface area contributed by atoms with Crippen LogP contribution in [0.5, 0.6) is 0 Å². The Labute approximate surface area is 198 Å². The van der Waals surface area contributed by atoms with Crippen LogP contribution in [0.4, 0.5) is 23.8 Å². The standard InChI is InChI=1S/C23H21F3N8O/c1-13(14-2-3-16(8-27)29-9-14)31-21(35)33-11-22(12-33)4-5-34-19(22)7-18(32-34)15-6-17(23(24,25)26)20(28)30-10-15/h2-3,6-7,9-10,13H,4-5,11-12H2,1H3,(H2,28,30)(H,31,35). The normalized spacial score (nSPS) is 16.9. The minimum atomic E-state index is -4.61. The van der Waals surface area contributed by atoms with Gasteiger partial charge in [0.05, 0.1) is 17.3 Å². The summed E-state index contributed by atoms with van der Waals surface area (Å²) in [6.45, 7) is 3.42. The van der Waals surface area contributed by atoms with Crippen molar-refractivity contribution in [3.63, 3.8) is 0 Å². The van der Waals surface area contributed by atoms with E-state index in [1.807, 2.05) is 13.0 Å². The maximum atomic E-state index is 13.2. The number of nitrogen functional groups attached to an aromatic ring is 1. The van der Waals surface area contributed by atoms with Crippen molar-refractivity contribution in [2.75, 3.05) is 18.8 Å². The van der Waals surface area contributed by atoms with Crippen LogP contribution in [0.15, 0.2) is 36.7 Å². The second-order valence-corrected chi connectivity index (χ2v) is 8.94. The highest BCUT2D eigenvalue weighted by Crippen LogP contribution is 2.44. The predicted molar refractivity (Wildman–Crippen MR) is 119 cm³/mol. The van der Waals surface area contributed by atoms with Gasteiger partial charge in [-0.05, 0) is 37.1 Å². The number of alkyl halides is 3. The molecule has 12 heteroatoms. The number of halogens is 3. The highest BCUT2D eigenvalue weighted by molar-refractivity contribution is 5.76. The minimum absolute atomic E-state index is 0.219. The fraction of sp³-hybridized carbons (Fsp3) is 0.348. The zero-order valence-corrected chi connectivity index (χ0v) is 18.7. The molecule has 0 aliphatic carbocycles. The Bertz CT molecular complexity index is 1340. The summed E-state index contributed by atoms with van der Waals surface area (Å²) in [6.07, 6.45) is -0.963. The lowest BCUT2D eigenvalue weighted by Gasteiger charge is -2.47. The fourth-order valence-corrected chi connectivity index (χ4v) is 4.68. The monoisotopic (exact) mass is 482 g/mol. The predicted octanol–water partition coefficient (Wildman–Crippen LogP) is 3.24. The van der Waals surface area contributed by atoms with Crippen LogP contribution in [-0.2, 0) is 18.1 Å². The zero-order valence-electron chi connectivity index (χ0n) is 18.7. The molecular formula is C23H21F3N8O. The molecule has 0 saturated carbocycles. The fourth-order valence-electron chi connectivity index (χ4n) is 4.68. The van der Waals surface area contributed by atoms with E-state index in [9.17, 15) is 18.0 Å². The summed E-state index contributed by atoms with van der Waals surface area (Å²) < 4.78 is 41.5. The number of hydrogen-bond acceptors (Lipinski definition) is 6. The van der Waals surface area contributed by atoms with Crippen LogP contribution in [0.3, 0.4) is 0 Å². The van der Waals surface area contributed by atoms with Gasteiger partial charge in [-0.15, -0.1) is 0 Å². The van der Waals surface area contributed by atoms with Crippen LogP contribution in [-0.4, -0.2) is 43.8 Å². The van der Waals surface area contributed by atoms with E-state index < -0.39 is 17.6 Å². The molecule has 1 saturated heterocycles. The summed E-state index contributed by atoms with van der Waals surface area (Å²) >= 11 is 0. The van der Waals surface area contributed by atoms with E-state index >= 15 is 0 Å². The van der Waals surface area contributed by atoms with E-state index in [0.717, 1.165) is 23.7 Å². The SMILES string of the molecule is CC(NC(=O)N1CC2(CCn3nc(-c4cnc(N)c(C(F)(F)F)c4)cc32)C1)c1ccc(C#N)nc1. The molecule has 1 spiro atoms. The second-order valence-electron chi connectivity index (χ2n) is 8.94. The zero-order chi connectivity index (χ0) is 25.0. The maximum absolute atomic E-state index is 13.2. The number of fused-ring (bicyclic) bond motifs is 2. The summed E-state index contributed by atoms with van der Waals surface area (Å²) in [5.74, 6) is -0.573. The summed E-state index contributed by atoms with van der Waals surface area (Å²) in [6, 6.07) is 7.54. The van der Waals surface area contributed by atoms with Gasteiger partial charge in [-0.2, -0.15) is 23.5 Å². The lowest BCUT2D eigenvalue weighted by Crippen LogP contribution is -2.62. The average Bonchev–Trinajstić information content (AvgIpc) is 3.37. The number of rotatable bonds is 3. The molecule has 3 aromatic rings. The number of nitrogens with one attached hydrogen (secondary N) is 1. The third kappa shape index (κ3) is 3.92. The van der Waals surface area contributed by atoms with E-state index in [1.54, 1.807) is 34.0 Å². The van der Waals surface area contributed by atoms with Crippen LogP contribution in [0.25, 0.3) is 11.3 Å². The van der Waals surface area contributed by atoms with E-state index in [1.165, 1.54) is 6.20 Å². The molecule has 1 atom stereocenters. The average molecular weight is 482 g/mol. The minimum Gasteiger partial charge on any atom is -0.383 e. The highest BCUT2D eigenvalue weighted by atomic mass is 19.4. The molecule has 2 amide bonds. The first-order valence-corrected chi connectivity index (χ1v) is 10.9. The first-order chi connectivity index (χ1) is 16.6. The van der Waals surface area contributed by atoms with Crippen LogP contribution in [0, 0.1) is 11.3 Å². The number of aromatic nitrogens is 4. The molecule has 1 unspecified atom stereocenters. The van der Waals surface area contributed by atoms with Gasteiger partial charge in [0, 0.05) is 48.7 Å². The first-order valence-electron chi connectivity index (χ1n) is 10.9. The number of nitrogens with zero attached hydrogens (tertiary/aromatic N) is 6. The Hall–Kier alpha value is -4.14. The molecular weight excluding hydrogens is 461 g/mol. The van der Waals surface area contributed by atoms with Crippen LogP contribution in [0.1, 0.15) is 41.9 Å². The van der Waals surface area contributed by atoms with Gasteiger partial charge in [-0.25, -0.2) is 14.8 Å². The Balaban J connectivity index is 1.28. The number of likely N-dealkylation sites (tertiary alicyclic amines) is 1. The summed E-state index contributed by atoms with van der Waals surface area (Å²) in [4.78, 5) is 22.2. The lowest BCUT2D eigenvalue weighted by atomic mass is 9.76. The number of pyridine rings is 2. The van der Waals surface area contributed by atoms with Gasteiger partial charge in [0.25, 0.3) is 0 Å². The summed E-state index contributed by atoms with van der Waals surface area (Å²) in [5, 5.41) is 16.3. The Morgan fingerprint density at radius 2 is 2.03 bits per heavy atom. The Morgan fingerprint density at radius 1 is 1.26 bits per heavy atom. The molecule has 2 aliphatic heterocycles.